The zero-order valence-corrected chi connectivity index (χ0v) is 73.9. The predicted molar refractivity (Wildman–Crippen MR) is 468 cm³/mol. The minimum absolute atomic E-state index is 0. The Hall–Kier alpha value is -14.3. The Kier molecular flexibility index (Phi) is 41.2. The summed E-state index contributed by atoms with van der Waals surface area (Å²) in [6.45, 7) is 12.2. The number of carbonyl (C=O) groups is 12. The van der Waals surface area contributed by atoms with Gasteiger partial charge in [0.1, 0.15) is 34.9 Å². The number of aromatic nitrogens is 6. The number of rotatable bonds is 29. The van der Waals surface area contributed by atoms with Gasteiger partial charge in [0.2, 0.25) is 11.6 Å². The number of ketones is 11. The standard InChI is InChI=1S/C18H19FN2O3.C17H17FN2O4.C15H17FN2O.C13H11FN2O3.C13H13FN2O.C13H12FNO.C4H6O2.CH3.Pd/c1-12(22)17(23)9-18(24)16-8-15(20(2)3)11-21(16)10-13-4-6-14(19)7-5-13;1-19(2)13-7-14(15(21)8-16(22)17(23)24)20(10-13)9-11-3-5-12(18)6-4-11;1-11(19)15-8-14(17(2)3)10-18(15)9-12-4-6-13(16)7-5-12;1-9(17)13-6-12(16(18)19)8-15(13)7-10-2-4-11(14)5-3-10;1-9(17)13-6-12(15)8-16(13)7-10-2-4-11(14)5-3-10;1-10(16)13-3-2-8-15(13)9-11-4-6-12(14)7-5-11;1-3(5)4(2)6;;/h4-8,11H,9-10H2,1-3H3;3-7,10H,8-9H2,1-2H3,(H,23,24);4-8,10H,9H2,1-3H3;2-6,8H,7H2,1H3;2-6,8H,7,15H2,1H3;2-8H,9H2,1H3;1-2H3;1H3;/q;;;;;;;-1;. The molecule has 6 heterocycles. The molecule has 127 heavy (non-hydrogen) atoms. The van der Waals surface area contributed by atoms with Gasteiger partial charge in [-0.25, -0.2) is 31.1 Å². The van der Waals surface area contributed by atoms with E-state index < -0.39 is 52.7 Å². The first-order chi connectivity index (χ1) is 58.9. The summed E-state index contributed by atoms with van der Waals surface area (Å²) in [4.78, 5) is 150. The van der Waals surface area contributed by atoms with Gasteiger partial charge in [0.25, 0.3) is 5.69 Å². The average molecular weight is 1840 g/mol. The summed E-state index contributed by atoms with van der Waals surface area (Å²) in [5.74, 6) is -7.91. The third-order valence-corrected chi connectivity index (χ3v) is 18.4. The molecule has 0 bridgehead atoms. The summed E-state index contributed by atoms with van der Waals surface area (Å²) in [6.07, 6.45) is 9.16. The van der Waals surface area contributed by atoms with Crippen molar-refractivity contribution < 1.29 is 114 Å². The number of hydrogen-bond donors (Lipinski definition) is 2. The van der Waals surface area contributed by atoms with Gasteiger partial charge >= 0.3 is 5.97 Å². The van der Waals surface area contributed by atoms with Crippen LogP contribution >= 0.6 is 0 Å². The molecule has 12 rings (SSSR count). The molecule has 0 aliphatic rings. The molecule has 0 atom stereocenters. The molecule has 6 aromatic heterocycles. The van der Waals surface area contributed by atoms with E-state index in [-0.39, 0.29) is 121 Å². The summed E-state index contributed by atoms with van der Waals surface area (Å²) >= 11 is 0. The Morgan fingerprint density at radius 2 is 0.598 bits per heavy atom. The van der Waals surface area contributed by atoms with Crippen LogP contribution in [0, 0.1) is 52.4 Å². The molecule has 0 saturated carbocycles. The second-order valence-corrected chi connectivity index (χ2v) is 29.1. The van der Waals surface area contributed by atoms with Gasteiger partial charge in [-0.05, 0) is 143 Å². The first kappa shape index (κ1) is 105. The minimum Gasteiger partial charge on any atom is -0.475 e. The van der Waals surface area contributed by atoms with Crippen molar-refractivity contribution >= 4 is 98.0 Å². The zero-order chi connectivity index (χ0) is 92.8. The minimum atomic E-state index is -1.63. The number of nitrogen functional groups attached to an aromatic ring is 1. The number of Topliss-reactive ketones (excluding diaryl/α,β-unsaturated/α-hetero) is 11. The summed E-state index contributed by atoms with van der Waals surface area (Å²) in [7, 11) is 11.1. The van der Waals surface area contributed by atoms with Gasteiger partial charge in [-0.2, -0.15) is 0 Å². The van der Waals surface area contributed by atoms with Crippen LogP contribution in [0.1, 0.15) is 158 Å². The van der Waals surface area contributed by atoms with Crippen molar-refractivity contribution in [2.24, 2.45) is 0 Å². The zero-order valence-electron chi connectivity index (χ0n) is 72.3. The first-order valence-corrected chi connectivity index (χ1v) is 38.3. The predicted octanol–water partition coefficient (Wildman–Crippen LogP) is 16.1. The Balaban J connectivity index is 0.000000316. The van der Waals surface area contributed by atoms with Crippen molar-refractivity contribution in [2.45, 2.75) is 101 Å². The summed E-state index contributed by atoms with van der Waals surface area (Å²) in [5, 5.41) is 19.4. The first-order valence-electron chi connectivity index (χ1n) is 38.3. The molecule has 12 aromatic rings. The van der Waals surface area contributed by atoms with Crippen molar-refractivity contribution in [1.29, 1.82) is 0 Å². The number of carbonyl (C=O) groups excluding carboxylic acids is 11. The molecule has 0 saturated heterocycles. The molecule has 0 fully saturated rings. The fourth-order valence-electron chi connectivity index (χ4n) is 11.6. The molecule has 3 N–H and O–H groups in total. The fraction of sp³-hybridized carbons (Fsp3) is 0.223. The maximum Gasteiger partial charge on any atom is 0.372 e. The second kappa shape index (κ2) is 49.8. The van der Waals surface area contributed by atoms with E-state index >= 15 is 0 Å². The number of halogens is 6. The summed E-state index contributed by atoms with van der Waals surface area (Å²) < 4.78 is 87.5. The fourth-order valence-corrected chi connectivity index (χ4v) is 11.6. The maximum atomic E-state index is 13.0. The van der Waals surface area contributed by atoms with E-state index in [2.05, 4.69) is 0 Å². The monoisotopic (exact) mass is 1840 g/mol. The number of anilines is 4. The second-order valence-electron chi connectivity index (χ2n) is 29.1. The molecule has 26 nitrogen and oxygen atoms in total. The van der Waals surface area contributed by atoms with E-state index in [0.717, 1.165) is 57.4 Å². The summed E-state index contributed by atoms with van der Waals surface area (Å²) in [5.41, 5.74) is 16.5. The molecular formula is C94H98F6N11O15Pd-. The average Bonchev–Trinajstić information content (AvgIpc) is 1.68. The van der Waals surface area contributed by atoms with Gasteiger partial charge in [-0.15, -0.1) is 0 Å². The van der Waals surface area contributed by atoms with Crippen LogP contribution < -0.4 is 20.4 Å². The van der Waals surface area contributed by atoms with Crippen LogP contribution in [0.3, 0.4) is 0 Å². The number of carboxylic acid groups (broad SMARTS) is 1. The van der Waals surface area contributed by atoms with E-state index in [1.54, 1.807) is 155 Å². The molecule has 0 unspecified atom stereocenters. The van der Waals surface area contributed by atoms with Crippen LogP contribution in [0.5, 0.6) is 0 Å². The van der Waals surface area contributed by atoms with Crippen LogP contribution in [0.2, 0.25) is 0 Å². The van der Waals surface area contributed by atoms with Crippen LogP contribution in [0.4, 0.5) is 54.8 Å². The molecule has 0 radical (unpaired) electrons. The molecule has 33 heteroatoms. The number of carboxylic acids is 1. The largest absolute Gasteiger partial charge is 0.475 e. The van der Waals surface area contributed by atoms with Crippen molar-refractivity contribution in [3.63, 3.8) is 0 Å². The topological polar surface area (TPSA) is 334 Å². The van der Waals surface area contributed by atoms with Crippen LogP contribution in [0.15, 0.2) is 225 Å². The van der Waals surface area contributed by atoms with Crippen molar-refractivity contribution in [3.05, 3.63) is 345 Å². The third-order valence-electron chi connectivity index (χ3n) is 18.4. The number of hydrogen-bond acceptors (Lipinski definition) is 18. The van der Waals surface area contributed by atoms with Gasteiger partial charge < -0.3 is 60.4 Å². The van der Waals surface area contributed by atoms with Gasteiger partial charge in [0, 0.05) is 187 Å². The van der Waals surface area contributed by atoms with E-state index in [0.29, 0.717) is 61.2 Å². The van der Waals surface area contributed by atoms with Gasteiger partial charge in [-0.1, -0.05) is 72.8 Å². The Morgan fingerprint density at radius 3 is 0.866 bits per heavy atom. The third kappa shape index (κ3) is 33.7. The SMILES string of the molecule is CC(=O)C(=O)CC(=O)c1cc(N(C)C)cn1Cc1ccc(F)cc1.CC(=O)C(C)=O.CC(=O)c1cc(N(C)C)cn1Cc1ccc(F)cc1.CC(=O)c1cc(N)cn1Cc1ccc(F)cc1.CC(=O)c1cc([N+](=O)[O-])cn1Cc1ccc(F)cc1.CC(=O)c1cccn1Cc1ccc(F)cc1.CN(C)c1cc(C(=O)CC(=O)C(=O)O)n(Cc2ccc(F)cc2)c1.[CH3-].[Pd]. The number of aliphatic carboxylic acids is 1. The van der Waals surface area contributed by atoms with Crippen molar-refractivity contribution in [2.75, 3.05) is 62.7 Å². The van der Waals surface area contributed by atoms with Crippen molar-refractivity contribution in [1.82, 2.24) is 27.4 Å². The molecule has 0 aliphatic heterocycles. The van der Waals surface area contributed by atoms with Crippen LogP contribution in [-0.4, -0.2) is 149 Å². The number of nitro groups is 1. The maximum absolute atomic E-state index is 13.0. The summed E-state index contributed by atoms with van der Waals surface area (Å²) in [6, 6.07) is 48.0. The molecule has 672 valence electrons. The molecular weight excluding hydrogens is 1740 g/mol. The smallest absolute Gasteiger partial charge is 0.372 e. The van der Waals surface area contributed by atoms with E-state index in [9.17, 15) is 94.0 Å². The molecule has 0 aliphatic carbocycles. The number of benzene rings is 6. The quantitative estimate of drug-likeness (QED) is 0.00643. The molecule has 0 amide bonds. The van der Waals surface area contributed by atoms with E-state index in [1.807, 2.05) is 71.7 Å². The Labute approximate surface area is 744 Å². The van der Waals surface area contributed by atoms with Gasteiger partial charge in [0.05, 0.1) is 80.9 Å². The molecule has 6 aromatic carbocycles. The van der Waals surface area contributed by atoms with Gasteiger partial charge in [-0.3, -0.25) is 62.9 Å². The van der Waals surface area contributed by atoms with Crippen molar-refractivity contribution in [3.8, 4) is 0 Å². The Bertz CT molecular complexity index is 5680. The Morgan fingerprint density at radius 1 is 0.346 bits per heavy atom. The van der Waals surface area contributed by atoms with Gasteiger partial charge in [0.15, 0.2) is 52.0 Å². The van der Waals surface area contributed by atoms with Crippen LogP contribution in [-0.2, 0) is 88.5 Å². The normalized spacial score (nSPS) is 10.2. The molecule has 0 spiro atoms. The number of nitrogens with zero attached hydrogens (tertiary/aromatic N) is 10. The van der Waals surface area contributed by atoms with E-state index in [1.165, 1.54) is 124 Å². The van der Waals surface area contributed by atoms with E-state index in [4.69, 9.17) is 10.8 Å². The van der Waals surface area contributed by atoms with Crippen LogP contribution in [0.25, 0.3) is 0 Å². The number of nitrogens with two attached hydrogens (primary N) is 1.